The minimum absolute atomic E-state index is 0.0845. The van der Waals surface area contributed by atoms with Gasteiger partial charge in [-0.3, -0.25) is 9.69 Å². The van der Waals surface area contributed by atoms with Gasteiger partial charge in [-0.2, -0.15) is 0 Å². The van der Waals surface area contributed by atoms with Crippen molar-refractivity contribution in [1.82, 2.24) is 9.80 Å². The molecule has 7 nitrogen and oxygen atoms in total. The number of amides is 2. The molecule has 0 saturated carbocycles. The summed E-state index contributed by atoms with van der Waals surface area (Å²) in [6, 6.07) is -0.469. The van der Waals surface area contributed by atoms with Crippen molar-refractivity contribution in [1.29, 1.82) is 0 Å². The van der Waals surface area contributed by atoms with E-state index in [0.29, 0.717) is 26.2 Å². The molecule has 2 atom stereocenters. The van der Waals surface area contributed by atoms with E-state index in [2.05, 4.69) is 0 Å². The lowest BCUT2D eigenvalue weighted by Crippen LogP contribution is -2.62. The topological polar surface area (TPSA) is 102 Å². The molecule has 2 amide bonds. The molecule has 0 radical (unpaired) electrons. The van der Waals surface area contributed by atoms with Gasteiger partial charge in [-0.1, -0.05) is 0 Å². The molecule has 0 bridgehead atoms. The van der Waals surface area contributed by atoms with Crippen molar-refractivity contribution in [3.8, 4) is 0 Å². The van der Waals surface area contributed by atoms with Crippen molar-refractivity contribution < 1.29 is 14.3 Å². The molecule has 1 fully saturated rings. The summed E-state index contributed by atoms with van der Waals surface area (Å²) in [6.07, 6.45) is -0.345. The highest BCUT2D eigenvalue weighted by Gasteiger charge is 2.34. The Morgan fingerprint density at radius 3 is 2.40 bits per heavy atom. The maximum atomic E-state index is 12.0. The maximum Gasteiger partial charge on any atom is 0.410 e. The van der Waals surface area contributed by atoms with E-state index in [-0.39, 0.29) is 24.1 Å². The Morgan fingerprint density at radius 1 is 1.35 bits per heavy atom. The van der Waals surface area contributed by atoms with Crippen molar-refractivity contribution in [3.63, 3.8) is 0 Å². The van der Waals surface area contributed by atoms with Crippen LogP contribution in [0.1, 0.15) is 27.7 Å². The zero-order valence-electron chi connectivity index (χ0n) is 12.8. The first-order valence-corrected chi connectivity index (χ1v) is 6.88. The van der Waals surface area contributed by atoms with Crippen LogP contribution in [-0.2, 0) is 9.53 Å². The minimum Gasteiger partial charge on any atom is -0.444 e. The SMILES string of the molecule is CC(C(N)=O)N1CCN(C(=O)OC(C)(C)C)CC1CN. The largest absolute Gasteiger partial charge is 0.444 e. The van der Waals surface area contributed by atoms with E-state index >= 15 is 0 Å². The third kappa shape index (κ3) is 4.35. The molecule has 0 aromatic carbocycles. The number of hydrogen-bond acceptors (Lipinski definition) is 5. The first kappa shape index (κ1) is 16.7. The number of piperazine rings is 1. The van der Waals surface area contributed by atoms with Crippen LogP contribution >= 0.6 is 0 Å². The third-order valence-corrected chi connectivity index (χ3v) is 3.36. The molecule has 1 aliphatic rings. The van der Waals surface area contributed by atoms with Crippen LogP contribution in [0.5, 0.6) is 0 Å². The number of carbonyl (C=O) groups excluding carboxylic acids is 2. The van der Waals surface area contributed by atoms with Gasteiger partial charge >= 0.3 is 6.09 Å². The van der Waals surface area contributed by atoms with E-state index in [0.717, 1.165) is 0 Å². The number of rotatable bonds is 3. The monoisotopic (exact) mass is 286 g/mol. The molecule has 0 spiro atoms. The number of nitrogens with zero attached hydrogens (tertiary/aromatic N) is 2. The summed E-state index contributed by atoms with van der Waals surface area (Å²) >= 11 is 0. The lowest BCUT2D eigenvalue weighted by molar-refractivity contribution is -0.124. The number of hydrogen-bond donors (Lipinski definition) is 2. The molecule has 116 valence electrons. The Hall–Kier alpha value is -1.34. The fourth-order valence-electron chi connectivity index (χ4n) is 2.24. The number of carbonyl (C=O) groups is 2. The third-order valence-electron chi connectivity index (χ3n) is 3.36. The normalized spacial score (nSPS) is 22.4. The smallest absolute Gasteiger partial charge is 0.410 e. The number of nitrogens with two attached hydrogens (primary N) is 2. The van der Waals surface area contributed by atoms with Gasteiger partial charge in [-0.15, -0.1) is 0 Å². The van der Waals surface area contributed by atoms with Crippen LogP contribution in [0.2, 0.25) is 0 Å². The predicted octanol–water partition coefficient (Wildman–Crippen LogP) is -0.260. The van der Waals surface area contributed by atoms with Gasteiger partial charge in [-0.05, 0) is 27.7 Å². The first-order valence-electron chi connectivity index (χ1n) is 6.88. The molecule has 7 heteroatoms. The highest BCUT2D eigenvalue weighted by molar-refractivity contribution is 5.79. The quantitative estimate of drug-likeness (QED) is 0.744. The Bertz CT molecular complexity index is 367. The summed E-state index contributed by atoms with van der Waals surface area (Å²) in [5.74, 6) is -0.380. The highest BCUT2D eigenvalue weighted by Crippen LogP contribution is 2.16. The summed E-state index contributed by atoms with van der Waals surface area (Å²) in [5, 5.41) is 0. The van der Waals surface area contributed by atoms with Gasteiger partial charge in [0.15, 0.2) is 0 Å². The van der Waals surface area contributed by atoms with Crippen LogP contribution < -0.4 is 11.5 Å². The molecule has 1 saturated heterocycles. The van der Waals surface area contributed by atoms with E-state index in [1.807, 2.05) is 25.7 Å². The molecular formula is C13H26N4O3. The molecule has 2 unspecified atom stereocenters. The van der Waals surface area contributed by atoms with Gasteiger partial charge in [0.1, 0.15) is 5.60 Å². The van der Waals surface area contributed by atoms with Crippen molar-refractivity contribution in [2.45, 2.75) is 45.4 Å². The van der Waals surface area contributed by atoms with Crippen LogP contribution in [0.15, 0.2) is 0 Å². The standard InChI is InChI=1S/C13H26N4O3/c1-9(11(15)18)17-6-5-16(8-10(17)7-14)12(19)20-13(2,3)4/h9-10H,5-8,14H2,1-4H3,(H2,15,18). The Balaban J connectivity index is 2.67. The van der Waals surface area contributed by atoms with Crippen LogP contribution in [0.3, 0.4) is 0 Å². The second-order valence-corrected chi connectivity index (χ2v) is 6.13. The van der Waals surface area contributed by atoms with Crippen LogP contribution in [0.25, 0.3) is 0 Å². The molecule has 0 aromatic heterocycles. The lowest BCUT2D eigenvalue weighted by Gasteiger charge is -2.43. The van der Waals surface area contributed by atoms with Gasteiger partial charge in [-0.25, -0.2) is 4.79 Å². The summed E-state index contributed by atoms with van der Waals surface area (Å²) < 4.78 is 5.35. The zero-order valence-corrected chi connectivity index (χ0v) is 12.8. The van der Waals surface area contributed by atoms with Crippen molar-refractivity contribution in [3.05, 3.63) is 0 Å². The lowest BCUT2D eigenvalue weighted by atomic mass is 10.1. The van der Waals surface area contributed by atoms with Crippen molar-refractivity contribution in [2.75, 3.05) is 26.2 Å². The zero-order chi connectivity index (χ0) is 15.5. The molecule has 20 heavy (non-hydrogen) atoms. The van der Waals surface area contributed by atoms with Gasteiger partial charge < -0.3 is 21.1 Å². The Labute approximate surface area is 120 Å². The van der Waals surface area contributed by atoms with Gasteiger partial charge in [0, 0.05) is 32.2 Å². The highest BCUT2D eigenvalue weighted by atomic mass is 16.6. The second-order valence-electron chi connectivity index (χ2n) is 6.13. The van der Waals surface area contributed by atoms with Crippen molar-refractivity contribution in [2.24, 2.45) is 11.5 Å². The fraction of sp³-hybridized carbons (Fsp3) is 0.846. The average Bonchev–Trinajstić information content (AvgIpc) is 2.34. The predicted molar refractivity (Wildman–Crippen MR) is 76.0 cm³/mol. The Morgan fingerprint density at radius 2 is 1.95 bits per heavy atom. The number of ether oxygens (including phenoxy) is 1. The average molecular weight is 286 g/mol. The molecule has 1 aliphatic heterocycles. The second kappa shape index (κ2) is 6.41. The molecule has 1 heterocycles. The molecular weight excluding hydrogens is 260 g/mol. The van der Waals surface area contributed by atoms with E-state index in [1.54, 1.807) is 11.8 Å². The Kier molecular flexibility index (Phi) is 5.35. The summed E-state index contributed by atoms with van der Waals surface area (Å²) in [5.41, 5.74) is 10.6. The van der Waals surface area contributed by atoms with Gasteiger partial charge in [0.2, 0.25) is 5.91 Å². The van der Waals surface area contributed by atoms with Crippen LogP contribution in [0.4, 0.5) is 4.79 Å². The van der Waals surface area contributed by atoms with E-state index in [1.165, 1.54) is 0 Å². The summed E-state index contributed by atoms with van der Waals surface area (Å²) in [4.78, 5) is 26.9. The molecule has 1 rings (SSSR count). The summed E-state index contributed by atoms with van der Waals surface area (Å²) in [6.45, 7) is 9.12. The van der Waals surface area contributed by atoms with E-state index in [9.17, 15) is 9.59 Å². The van der Waals surface area contributed by atoms with Crippen molar-refractivity contribution >= 4 is 12.0 Å². The van der Waals surface area contributed by atoms with E-state index in [4.69, 9.17) is 16.2 Å². The van der Waals surface area contributed by atoms with Crippen LogP contribution in [0, 0.1) is 0 Å². The maximum absolute atomic E-state index is 12.0. The van der Waals surface area contributed by atoms with Gasteiger partial charge in [0.05, 0.1) is 6.04 Å². The first-order chi connectivity index (χ1) is 9.15. The molecule has 0 aliphatic carbocycles. The van der Waals surface area contributed by atoms with E-state index < -0.39 is 5.60 Å². The molecule has 4 N–H and O–H groups in total. The summed E-state index contributed by atoms with van der Waals surface area (Å²) in [7, 11) is 0. The number of primary amides is 1. The van der Waals surface area contributed by atoms with Crippen LogP contribution in [-0.4, -0.2) is 65.7 Å². The fourth-order valence-corrected chi connectivity index (χ4v) is 2.24. The minimum atomic E-state index is -0.521. The van der Waals surface area contributed by atoms with Gasteiger partial charge in [0.25, 0.3) is 0 Å². The molecule has 0 aromatic rings.